The third kappa shape index (κ3) is 6.13. The molecule has 0 amide bonds. The predicted molar refractivity (Wildman–Crippen MR) is 128 cm³/mol. The minimum Gasteiger partial charge on any atom is -0.385 e. The fraction of sp³-hybridized carbons (Fsp3) is 0.750. The smallest absolute Gasteiger partial charge is 0.216 e. The van der Waals surface area contributed by atoms with Crippen LogP contribution in [0.15, 0.2) is 24.3 Å². The Labute approximate surface area is 184 Å². The SMILES string of the molecule is CC1CC(C)CN(c2cccc(NC[C@H]3CC[C@H](NS(=O)(=O)C(C)(C)C)CC3)c2)C1. The van der Waals surface area contributed by atoms with Gasteiger partial charge in [0.1, 0.15) is 0 Å². The van der Waals surface area contributed by atoms with E-state index in [0.717, 1.165) is 57.2 Å². The zero-order valence-corrected chi connectivity index (χ0v) is 20.3. The molecule has 2 atom stereocenters. The average Bonchev–Trinajstić information content (AvgIpc) is 2.66. The van der Waals surface area contributed by atoms with E-state index in [9.17, 15) is 8.42 Å². The first-order valence-corrected chi connectivity index (χ1v) is 13.1. The molecule has 1 aliphatic carbocycles. The van der Waals surface area contributed by atoms with Crippen LogP contribution in [0, 0.1) is 17.8 Å². The topological polar surface area (TPSA) is 61.4 Å². The number of rotatable bonds is 6. The lowest BCUT2D eigenvalue weighted by molar-refractivity contribution is 0.322. The van der Waals surface area contributed by atoms with Gasteiger partial charge >= 0.3 is 0 Å². The number of hydrogen-bond donors (Lipinski definition) is 2. The standard InChI is InChI=1S/C24H41N3O2S/c1-18-13-19(2)17-27(16-18)23-8-6-7-22(14-23)25-15-20-9-11-21(12-10-20)26-30(28,29)24(3,4)5/h6-8,14,18-21,25-26H,9-13,15-17H2,1-5H3/t18?,19?,20-,21-. The fourth-order valence-electron chi connectivity index (χ4n) is 4.83. The molecule has 0 radical (unpaired) electrons. The van der Waals surface area contributed by atoms with Crippen LogP contribution in [-0.2, 0) is 10.0 Å². The van der Waals surface area contributed by atoms with E-state index in [-0.39, 0.29) is 6.04 Å². The molecule has 2 fully saturated rings. The highest BCUT2D eigenvalue weighted by Gasteiger charge is 2.32. The van der Waals surface area contributed by atoms with Gasteiger partial charge in [-0.2, -0.15) is 0 Å². The molecular formula is C24H41N3O2S. The number of hydrogen-bond acceptors (Lipinski definition) is 4. The molecule has 0 spiro atoms. The van der Waals surface area contributed by atoms with Crippen LogP contribution in [0.5, 0.6) is 0 Å². The number of sulfonamides is 1. The normalized spacial score (nSPS) is 28.4. The van der Waals surface area contributed by atoms with E-state index in [1.807, 2.05) is 0 Å². The van der Waals surface area contributed by atoms with Crippen LogP contribution in [0.3, 0.4) is 0 Å². The summed E-state index contributed by atoms with van der Waals surface area (Å²) < 4.78 is 27.0. The van der Waals surface area contributed by atoms with Gasteiger partial charge in [-0.3, -0.25) is 0 Å². The van der Waals surface area contributed by atoms with Crippen LogP contribution in [0.1, 0.15) is 66.7 Å². The quantitative estimate of drug-likeness (QED) is 0.670. The summed E-state index contributed by atoms with van der Waals surface area (Å²) in [6.45, 7) is 13.2. The Morgan fingerprint density at radius 2 is 1.67 bits per heavy atom. The lowest BCUT2D eigenvalue weighted by Crippen LogP contribution is -2.46. The Balaban J connectivity index is 1.48. The summed E-state index contributed by atoms with van der Waals surface area (Å²) in [7, 11) is -3.26. The maximum Gasteiger partial charge on any atom is 0.216 e. The van der Waals surface area contributed by atoms with Crippen molar-refractivity contribution < 1.29 is 8.42 Å². The summed E-state index contributed by atoms with van der Waals surface area (Å²) in [4.78, 5) is 2.52. The fourth-order valence-corrected chi connectivity index (χ4v) is 5.86. The Bertz CT molecular complexity index is 785. The number of nitrogens with zero attached hydrogens (tertiary/aromatic N) is 1. The van der Waals surface area contributed by atoms with Gasteiger partial charge in [0.05, 0.1) is 4.75 Å². The predicted octanol–water partition coefficient (Wildman–Crippen LogP) is 4.86. The molecule has 1 aromatic carbocycles. The highest BCUT2D eigenvalue weighted by molar-refractivity contribution is 7.90. The number of nitrogens with one attached hydrogen (secondary N) is 2. The van der Waals surface area contributed by atoms with Crippen LogP contribution in [0.2, 0.25) is 0 Å². The highest BCUT2D eigenvalue weighted by atomic mass is 32.2. The van der Waals surface area contributed by atoms with E-state index in [1.54, 1.807) is 20.8 Å². The number of benzene rings is 1. The van der Waals surface area contributed by atoms with Crippen LogP contribution in [-0.4, -0.2) is 38.8 Å². The van der Waals surface area contributed by atoms with E-state index in [1.165, 1.54) is 17.8 Å². The van der Waals surface area contributed by atoms with E-state index in [4.69, 9.17) is 0 Å². The molecule has 170 valence electrons. The van der Waals surface area contributed by atoms with Crippen molar-refractivity contribution in [3.63, 3.8) is 0 Å². The molecule has 5 nitrogen and oxygen atoms in total. The number of piperidine rings is 1. The lowest BCUT2D eigenvalue weighted by Gasteiger charge is -2.37. The van der Waals surface area contributed by atoms with Crippen molar-refractivity contribution in [1.29, 1.82) is 0 Å². The third-order valence-electron chi connectivity index (χ3n) is 6.65. The molecule has 2 N–H and O–H groups in total. The van der Waals surface area contributed by atoms with E-state index < -0.39 is 14.8 Å². The second-order valence-electron chi connectivity index (χ2n) is 10.7. The van der Waals surface area contributed by atoms with Gasteiger partial charge in [-0.05, 0) is 88.8 Å². The van der Waals surface area contributed by atoms with E-state index in [0.29, 0.717) is 5.92 Å². The first kappa shape index (κ1) is 23.4. The van der Waals surface area contributed by atoms with Gasteiger partial charge in [-0.15, -0.1) is 0 Å². The Kier molecular flexibility index (Phi) is 7.39. The molecule has 0 aromatic heterocycles. The van der Waals surface area contributed by atoms with Crippen molar-refractivity contribution in [2.75, 3.05) is 29.9 Å². The summed E-state index contributed by atoms with van der Waals surface area (Å²) in [5.41, 5.74) is 2.51. The molecule has 1 aromatic rings. The molecule has 1 heterocycles. The molecule has 0 bridgehead atoms. The Hall–Kier alpha value is -1.27. The average molecular weight is 436 g/mol. The minimum absolute atomic E-state index is 0.0804. The third-order valence-corrected chi connectivity index (χ3v) is 8.91. The van der Waals surface area contributed by atoms with Crippen molar-refractivity contribution in [3.8, 4) is 0 Å². The van der Waals surface area contributed by atoms with Gasteiger partial charge in [0.2, 0.25) is 10.0 Å². The summed E-state index contributed by atoms with van der Waals surface area (Å²) >= 11 is 0. The van der Waals surface area contributed by atoms with Crippen molar-refractivity contribution in [2.45, 2.75) is 77.5 Å². The molecule has 2 aliphatic rings. The lowest BCUT2D eigenvalue weighted by atomic mass is 9.86. The van der Waals surface area contributed by atoms with Crippen LogP contribution >= 0.6 is 0 Å². The van der Waals surface area contributed by atoms with Crippen LogP contribution < -0.4 is 14.9 Å². The molecule has 3 rings (SSSR count). The van der Waals surface area contributed by atoms with Crippen molar-refractivity contribution in [1.82, 2.24) is 4.72 Å². The zero-order valence-electron chi connectivity index (χ0n) is 19.4. The molecule has 2 unspecified atom stereocenters. The highest BCUT2D eigenvalue weighted by Crippen LogP contribution is 2.29. The van der Waals surface area contributed by atoms with Gasteiger partial charge < -0.3 is 10.2 Å². The molecule has 1 saturated carbocycles. The molecule has 1 aliphatic heterocycles. The summed E-state index contributed by atoms with van der Waals surface area (Å²) in [6.07, 6.45) is 5.29. The maximum atomic E-state index is 12.4. The first-order valence-electron chi connectivity index (χ1n) is 11.6. The summed E-state index contributed by atoms with van der Waals surface area (Å²) in [6, 6.07) is 8.90. The second kappa shape index (κ2) is 9.47. The van der Waals surface area contributed by atoms with Gasteiger partial charge in [0, 0.05) is 37.1 Å². The largest absolute Gasteiger partial charge is 0.385 e. The van der Waals surface area contributed by atoms with E-state index >= 15 is 0 Å². The second-order valence-corrected chi connectivity index (χ2v) is 13.2. The monoisotopic (exact) mass is 435 g/mol. The van der Waals surface area contributed by atoms with Gasteiger partial charge in [-0.25, -0.2) is 13.1 Å². The Morgan fingerprint density at radius 3 is 2.27 bits per heavy atom. The van der Waals surface area contributed by atoms with Crippen molar-refractivity contribution in [3.05, 3.63) is 24.3 Å². The molecule has 1 saturated heterocycles. The Morgan fingerprint density at radius 1 is 1.03 bits per heavy atom. The van der Waals surface area contributed by atoms with E-state index in [2.05, 4.69) is 53.1 Å². The summed E-state index contributed by atoms with van der Waals surface area (Å²) in [5, 5.41) is 3.64. The van der Waals surface area contributed by atoms with Gasteiger partial charge in [-0.1, -0.05) is 19.9 Å². The maximum absolute atomic E-state index is 12.4. The summed E-state index contributed by atoms with van der Waals surface area (Å²) in [5.74, 6) is 2.09. The first-order chi connectivity index (χ1) is 14.0. The van der Waals surface area contributed by atoms with Gasteiger partial charge in [0.25, 0.3) is 0 Å². The van der Waals surface area contributed by atoms with Crippen LogP contribution in [0.4, 0.5) is 11.4 Å². The minimum atomic E-state index is -3.26. The molecule has 30 heavy (non-hydrogen) atoms. The van der Waals surface area contributed by atoms with Crippen LogP contribution in [0.25, 0.3) is 0 Å². The van der Waals surface area contributed by atoms with Crippen molar-refractivity contribution >= 4 is 21.4 Å². The zero-order chi connectivity index (χ0) is 21.9. The number of anilines is 2. The van der Waals surface area contributed by atoms with Gasteiger partial charge in [0.15, 0.2) is 0 Å². The molecular weight excluding hydrogens is 394 g/mol. The molecule has 6 heteroatoms. The van der Waals surface area contributed by atoms with Crippen molar-refractivity contribution in [2.24, 2.45) is 17.8 Å².